The zero-order valence-corrected chi connectivity index (χ0v) is 11.9. The maximum atomic E-state index is 10.0. The van der Waals surface area contributed by atoms with Gasteiger partial charge in [-0.15, -0.1) is 0 Å². The smallest absolute Gasteiger partial charge is 0.0807 e. The molecular formula is C15H26N2O. The lowest BCUT2D eigenvalue weighted by Gasteiger charge is -2.27. The van der Waals surface area contributed by atoms with E-state index < -0.39 is 0 Å². The van der Waals surface area contributed by atoms with Gasteiger partial charge in [-0.2, -0.15) is 0 Å². The minimum Gasteiger partial charge on any atom is -0.388 e. The SMILES string of the molecule is CCN(CC)CC(C)n1ccc2c1CCCC2O. The van der Waals surface area contributed by atoms with Crippen LogP contribution in [0.25, 0.3) is 0 Å². The third kappa shape index (κ3) is 2.62. The first-order valence-corrected chi connectivity index (χ1v) is 7.27. The topological polar surface area (TPSA) is 28.4 Å². The van der Waals surface area contributed by atoms with Gasteiger partial charge in [0.1, 0.15) is 0 Å². The molecule has 3 nitrogen and oxygen atoms in total. The van der Waals surface area contributed by atoms with E-state index in [4.69, 9.17) is 0 Å². The van der Waals surface area contributed by atoms with E-state index in [-0.39, 0.29) is 6.10 Å². The Kier molecular flexibility index (Phi) is 4.46. The van der Waals surface area contributed by atoms with Crippen LogP contribution in [0.3, 0.4) is 0 Å². The minimum atomic E-state index is -0.240. The van der Waals surface area contributed by atoms with Crippen LogP contribution in [0.2, 0.25) is 0 Å². The van der Waals surface area contributed by atoms with Gasteiger partial charge < -0.3 is 14.6 Å². The number of hydrogen-bond donors (Lipinski definition) is 1. The van der Waals surface area contributed by atoms with Gasteiger partial charge in [-0.3, -0.25) is 0 Å². The monoisotopic (exact) mass is 250 g/mol. The van der Waals surface area contributed by atoms with Crippen molar-refractivity contribution < 1.29 is 5.11 Å². The number of nitrogens with zero attached hydrogens (tertiary/aromatic N) is 2. The number of fused-ring (bicyclic) bond motifs is 1. The molecule has 0 saturated heterocycles. The Bertz CT molecular complexity index is 382. The van der Waals surface area contributed by atoms with Crippen molar-refractivity contribution >= 4 is 0 Å². The molecule has 0 aliphatic heterocycles. The second kappa shape index (κ2) is 5.89. The molecule has 1 aliphatic carbocycles. The predicted molar refractivity (Wildman–Crippen MR) is 74.8 cm³/mol. The molecule has 18 heavy (non-hydrogen) atoms. The van der Waals surface area contributed by atoms with Gasteiger partial charge in [0.25, 0.3) is 0 Å². The normalized spacial score (nSPS) is 21.1. The van der Waals surface area contributed by atoms with E-state index in [1.54, 1.807) is 0 Å². The third-order valence-corrected chi connectivity index (χ3v) is 4.20. The summed E-state index contributed by atoms with van der Waals surface area (Å²) in [7, 11) is 0. The quantitative estimate of drug-likeness (QED) is 0.870. The summed E-state index contributed by atoms with van der Waals surface area (Å²) in [5.74, 6) is 0. The molecule has 0 amide bonds. The second-order valence-corrected chi connectivity index (χ2v) is 5.37. The van der Waals surface area contributed by atoms with Gasteiger partial charge >= 0.3 is 0 Å². The zero-order chi connectivity index (χ0) is 13.1. The standard InChI is InChI=1S/C15H26N2O/c1-4-16(5-2)11-12(3)17-10-9-13-14(17)7-6-8-15(13)18/h9-10,12,15,18H,4-8,11H2,1-3H3. The summed E-state index contributed by atoms with van der Waals surface area (Å²) >= 11 is 0. The Balaban J connectivity index is 2.13. The Morgan fingerprint density at radius 1 is 1.44 bits per heavy atom. The van der Waals surface area contributed by atoms with Crippen molar-refractivity contribution in [2.45, 2.75) is 52.2 Å². The average molecular weight is 250 g/mol. The summed E-state index contributed by atoms with van der Waals surface area (Å²) in [6, 6.07) is 2.59. The molecule has 102 valence electrons. The molecular weight excluding hydrogens is 224 g/mol. The van der Waals surface area contributed by atoms with Crippen molar-refractivity contribution in [1.82, 2.24) is 9.47 Å². The Labute approximate surface area is 110 Å². The lowest BCUT2D eigenvalue weighted by atomic mass is 9.95. The van der Waals surface area contributed by atoms with Crippen LogP contribution in [-0.2, 0) is 6.42 Å². The van der Waals surface area contributed by atoms with Gasteiger partial charge in [0, 0.05) is 30.0 Å². The van der Waals surface area contributed by atoms with E-state index in [1.807, 2.05) is 0 Å². The molecule has 1 heterocycles. The van der Waals surface area contributed by atoms with E-state index in [2.05, 4.69) is 42.5 Å². The highest BCUT2D eigenvalue weighted by Crippen LogP contribution is 2.32. The summed E-state index contributed by atoms with van der Waals surface area (Å²) in [5.41, 5.74) is 2.51. The van der Waals surface area contributed by atoms with Crippen LogP contribution >= 0.6 is 0 Å². The van der Waals surface area contributed by atoms with Gasteiger partial charge in [-0.1, -0.05) is 13.8 Å². The summed E-state index contributed by atoms with van der Waals surface area (Å²) in [5, 5.41) is 10.0. The Morgan fingerprint density at radius 3 is 2.83 bits per heavy atom. The fourth-order valence-corrected chi connectivity index (χ4v) is 3.05. The fraction of sp³-hybridized carbons (Fsp3) is 0.733. The molecule has 1 aromatic heterocycles. The maximum absolute atomic E-state index is 10.0. The number of aliphatic hydroxyl groups excluding tert-OH is 1. The van der Waals surface area contributed by atoms with Crippen LogP contribution in [0.15, 0.2) is 12.3 Å². The number of hydrogen-bond acceptors (Lipinski definition) is 2. The molecule has 0 bridgehead atoms. The first-order valence-electron chi connectivity index (χ1n) is 7.27. The fourth-order valence-electron chi connectivity index (χ4n) is 3.05. The number of aliphatic hydroxyl groups is 1. The lowest BCUT2D eigenvalue weighted by molar-refractivity contribution is 0.155. The maximum Gasteiger partial charge on any atom is 0.0807 e. The molecule has 0 aromatic carbocycles. The number of aromatic nitrogens is 1. The van der Waals surface area contributed by atoms with E-state index in [1.165, 1.54) is 5.69 Å². The molecule has 0 spiro atoms. The second-order valence-electron chi connectivity index (χ2n) is 5.37. The first-order chi connectivity index (χ1) is 8.67. The molecule has 2 unspecified atom stereocenters. The summed E-state index contributed by atoms with van der Waals surface area (Å²) < 4.78 is 2.37. The molecule has 1 aliphatic rings. The lowest BCUT2D eigenvalue weighted by Crippen LogP contribution is -2.30. The highest BCUT2D eigenvalue weighted by Gasteiger charge is 2.23. The minimum absolute atomic E-state index is 0.240. The number of likely N-dealkylation sites (N-methyl/N-ethyl adjacent to an activating group) is 1. The zero-order valence-electron chi connectivity index (χ0n) is 11.9. The van der Waals surface area contributed by atoms with Gasteiger partial charge in [0.05, 0.1) is 6.10 Å². The third-order valence-electron chi connectivity index (χ3n) is 4.20. The largest absolute Gasteiger partial charge is 0.388 e. The Hall–Kier alpha value is -0.800. The molecule has 2 atom stereocenters. The average Bonchev–Trinajstić information content (AvgIpc) is 2.81. The predicted octanol–water partition coefficient (Wildman–Crippen LogP) is 2.76. The van der Waals surface area contributed by atoms with Crippen molar-refractivity contribution in [1.29, 1.82) is 0 Å². The highest BCUT2D eigenvalue weighted by molar-refractivity contribution is 5.27. The Morgan fingerprint density at radius 2 is 2.17 bits per heavy atom. The molecule has 1 aromatic rings. The van der Waals surface area contributed by atoms with Crippen molar-refractivity contribution in [2.24, 2.45) is 0 Å². The van der Waals surface area contributed by atoms with Crippen molar-refractivity contribution in [2.75, 3.05) is 19.6 Å². The van der Waals surface area contributed by atoms with Crippen LogP contribution in [-0.4, -0.2) is 34.2 Å². The summed E-state index contributed by atoms with van der Waals surface area (Å²) in [6.07, 6.45) is 5.06. The van der Waals surface area contributed by atoms with Gasteiger partial charge in [-0.25, -0.2) is 0 Å². The molecule has 1 N–H and O–H groups in total. The van der Waals surface area contributed by atoms with Crippen LogP contribution < -0.4 is 0 Å². The summed E-state index contributed by atoms with van der Waals surface area (Å²) in [6.45, 7) is 10.00. The summed E-state index contributed by atoms with van der Waals surface area (Å²) in [4.78, 5) is 2.45. The van der Waals surface area contributed by atoms with Crippen LogP contribution in [0.4, 0.5) is 0 Å². The molecule has 2 rings (SSSR count). The van der Waals surface area contributed by atoms with Gasteiger partial charge in [0.2, 0.25) is 0 Å². The highest BCUT2D eigenvalue weighted by atomic mass is 16.3. The van der Waals surface area contributed by atoms with Crippen molar-refractivity contribution in [3.05, 3.63) is 23.5 Å². The molecule has 0 radical (unpaired) electrons. The van der Waals surface area contributed by atoms with Crippen molar-refractivity contribution in [3.63, 3.8) is 0 Å². The van der Waals surface area contributed by atoms with Gasteiger partial charge in [-0.05, 0) is 45.3 Å². The van der Waals surface area contributed by atoms with E-state index in [9.17, 15) is 5.11 Å². The first kappa shape index (κ1) is 13.6. The molecule has 0 fully saturated rings. The van der Waals surface area contributed by atoms with E-state index in [0.717, 1.165) is 44.5 Å². The van der Waals surface area contributed by atoms with E-state index in [0.29, 0.717) is 6.04 Å². The van der Waals surface area contributed by atoms with Crippen molar-refractivity contribution in [3.8, 4) is 0 Å². The van der Waals surface area contributed by atoms with E-state index >= 15 is 0 Å². The van der Waals surface area contributed by atoms with Gasteiger partial charge in [0.15, 0.2) is 0 Å². The van der Waals surface area contributed by atoms with Crippen LogP contribution in [0.5, 0.6) is 0 Å². The number of rotatable bonds is 5. The molecule has 0 saturated carbocycles. The molecule has 3 heteroatoms. The van der Waals surface area contributed by atoms with Crippen LogP contribution in [0, 0.1) is 0 Å². The van der Waals surface area contributed by atoms with Crippen LogP contribution in [0.1, 0.15) is 57.0 Å².